The molecule has 0 aliphatic heterocycles. The summed E-state index contributed by atoms with van der Waals surface area (Å²) in [4.78, 5) is 20.5. The van der Waals surface area contributed by atoms with E-state index in [1.54, 1.807) is 14.2 Å². The van der Waals surface area contributed by atoms with Crippen molar-refractivity contribution in [2.45, 2.75) is 18.8 Å². The van der Waals surface area contributed by atoms with Gasteiger partial charge < -0.3 is 15.2 Å². The summed E-state index contributed by atoms with van der Waals surface area (Å²) in [5.41, 5.74) is 7.77. The summed E-state index contributed by atoms with van der Waals surface area (Å²) < 4.78 is 10.9. The number of methoxy groups -OCH3 is 2. The van der Waals surface area contributed by atoms with Crippen molar-refractivity contribution >= 4 is 11.7 Å². The zero-order chi connectivity index (χ0) is 15.7. The number of Topliss-reactive ketones (excluding diaryl/α,β-unsaturated/α-hetero) is 1. The normalized spacial score (nSPS) is 17.0. The minimum absolute atomic E-state index is 0.0132. The molecule has 0 amide bonds. The van der Waals surface area contributed by atoms with Crippen molar-refractivity contribution in [2.75, 3.05) is 20.0 Å². The summed E-state index contributed by atoms with van der Waals surface area (Å²) in [7, 11) is 3.22. The molecule has 22 heavy (non-hydrogen) atoms. The third kappa shape index (κ3) is 2.36. The second-order valence-electron chi connectivity index (χ2n) is 5.19. The van der Waals surface area contributed by atoms with Crippen LogP contribution in [0, 0.1) is 0 Å². The van der Waals surface area contributed by atoms with Crippen LogP contribution in [0.4, 0.5) is 5.95 Å². The molecule has 1 atom stereocenters. The highest BCUT2D eigenvalue weighted by Gasteiger charge is 2.31. The molecule has 0 saturated carbocycles. The summed E-state index contributed by atoms with van der Waals surface area (Å²) in [5.74, 6) is 1.56. The van der Waals surface area contributed by atoms with Gasteiger partial charge in [0.1, 0.15) is 11.5 Å². The number of aromatic nitrogens is 2. The molecule has 0 fully saturated rings. The summed E-state index contributed by atoms with van der Waals surface area (Å²) in [5, 5.41) is 0. The van der Waals surface area contributed by atoms with Crippen molar-refractivity contribution in [2.24, 2.45) is 0 Å². The smallest absolute Gasteiger partial charge is 0.220 e. The maximum absolute atomic E-state index is 12.4. The van der Waals surface area contributed by atoms with Crippen LogP contribution >= 0.6 is 0 Å². The first-order valence-electron chi connectivity index (χ1n) is 6.99. The van der Waals surface area contributed by atoms with Crippen LogP contribution in [0.3, 0.4) is 0 Å². The van der Waals surface area contributed by atoms with E-state index in [1.165, 1.54) is 6.20 Å². The summed E-state index contributed by atoms with van der Waals surface area (Å²) in [6.07, 6.45) is 2.48. The third-order valence-corrected chi connectivity index (χ3v) is 3.93. The first-order valence-corrected chi connectivity index (χ1v) is 6.99. The zero-order valence-electron chi connectivity index (χ0n) is 12.5. The van der Waals surface area contributed by atoms with Crippen molar-refractivity contribution in [1.29, 1.82) is 0 Å². The average molecular weight is 299 g/mol. The Hall–Kier alpha value is -2.63. The van der Waals surface area contributed by atoms with Gasteiger partial charge in [0.05, 0.1) is 25.5 Å². The quantitative estimate of drug-likeness (QED) is 0.932. The molecule has 2 N–H and O–H groups in total. The summed E-state index contributed by atoms with van der Waals surface area (Å²) in [6.45, 7) is 0. The molecule has 0 bridgehead atoms. The molecule has 1 aliphatic rings. The molecular formula is C16H17N3O3. The van der Waals surface area contributed by atoms with Gasteiger partial charge >= 0.3 is 0 Å². The van der Waals surface area contributed by atoms with Crippen LogP contribution < -0.4 is 15.2 Å². The van der Waals surface area contributed by atoms with Crippen LogP contribution in [0.25, 0.3) is 0 Å². The van der Waals surface area contributed by atoms with E-state index in [2.05, 4.69) is 9.97 Å². The number of hydrogen-bond donors (Lipinski definition) is 1. The van der Waals surface area contributed by atoms with Gasteiger partial charge in [0, 0.05) is 24.1 Å². The molecular weight excluding hydrogens is 282 g/mol. The molecule has 1 unspecified atom stereocenters. The van der Waals surface area contributed by atoms with E-state index in [4.69, 9.17) is 15.2 Å². The fourth-order valence-corrected chi connectivity index (χ4v) is 2.95. The van der Waals surface area contributed by atoms with E-state index in [9.17, 15) is 4.79 Å². The standard InChI is InChI=1S/C16H17N3O3/c1-21-13-4-3-5-14(22-2)15(13)9-6-11-10(12(20)7-9)8-18-16(17)19-11/h3-5,8-9H,6-7H2,1-2H3,(H2,17,18,19). The van der Waals surface area contributed by atoms with Crippen LogP contribution in [0.15, 0.2) is 24.4 Å². The first kappa shape index (κ1) is 14.3. The molecule has 6 nitrogen and oxygen atoms in total. The molecule has 2 aromatic rings. The lowest BCUT2D eigenvalue weighted by Gasteiger charge is -2.25. The van der Waals surface area contributed by atoms with E-state index in [0.717, 1.165) is 5.56 Å². The van der Waals surface area contributed by atoms with Crippen LogP contribution in [0.1, 0.15) is 34.0 Å². The minimum Gasteiger partial charge on any atom is -0.496 e. The highest BCUT2D eigenvalue weighted by Crippen LogP contribution is 2.41. The maximum Gasteiger partial charge on any atom is 0.220 e. The van der Waals surface area contributed by atoms with E-state index >= 15 is 0 Å². The van der Waals surface area contributed by atoms with E-state index in [1.807, 2.05) is 18.2 Å². The number of carbonyl (C=O) groups excluding carboxylic acids is 1. The Kier molecular flexibility index (Phi) is 3.66. The predicted molar refractivity (Wildman–Crippen MR) is 81.4 cm³/mol. The topological polar surface area (TPSA) is 87.3 Å². The van der Waals surface area contributed by atoms with Crippen LogP contribution in [0.5, 0.6) is 11.5 Å². The molecule has 0 radical (unpaired) electrons. The van der Waals surface area contributed by atoms with Gasteiger partial charge in [0.15, 0.2) is 5.78 Å². The largest absolute Gasteiger partial charge is 0.496 e. The van der Waals surface area contributed by atoms with Crippen LogP contribution in [-0.4, -0.2) is 30.0 Å². The Labute approximate surface area is 128 Å². The Bertz CT molecular complexity index is 708. The monoisotopic (exact) mass is 299 g/mol. The van der Waals surface area contributed by atoms with Gasteiger partial charge in [-0.3, -0.25) is 4.79 Å². The number of nitrogens with two attached hydrogens (primary N) is 1. The van der Waals surface area contributed by atoms with Crippen molar-refractivity contribution in [1.82, 2.24) is 9.97 Å². The molecule has 1 aliphatic carbocycles. The molecule has 1 aromatic carbocycles. The lowest BCUT2D eigenvalue weighted by Crippen LogP contribution is -2.22. The maximum atomic E-state index is 12.4. The minimum atomic E-state index is -0.0552. The molecule has 0 saturated heterocycles. The van der Waals surface area contributed by atoms with Crippen LogP contribution in [0.2, 0.25) is 0 Å². The molecule has 1 heterocycles. The number of rotatable bonds is 3. The highest BCUT2D eigenvalue weighted by molar-refractivity contribution is 5.98. The molecule has 6 heteroatoms. The molecule has 114 valence electrons. The number of anilines is 1. The number of nitrogens with zero attached hydrogens (tertiary/aromatic N) is 2. The van der Waals surface area contributed by atoms with Gasteiger partial charge in [0.2, 0.25) is 5.95 Å². The van der Waals surface area contributed by atoms with Crippen LogP contribution in [-0.2, 0) is 6.42 Å². The summed E-state index contributed by atoms with van der Waals surface area (Å²) in [6, 6.07) is 5.60. The predicted octanol–water partition coefficient (Wildman–Crippen LogP) is 1.99. The molecule has 1 aromatic heterocycles. The summed E-state index contributed by atoms with van der Waals surface area (Å²) >= 11 is 0. The Morgan fingerprint density at radius 1 is 1.18 bits per heavy atom. The highest BCUT2D eigenvalue weighted by atomic mass is 16.5. The van der Waals surface area contributed by atoms with E-state index in [-0.39, 0.29) is 17.6 Å². The fraction of sp³-hybridized carbons (Fsp3) is 0.312. The average Bonchev–Trinajstić information content (AvgIpc) is 2.53. The van der Waals surface area contributed by atoms with Gasteiger partial charge in [-0.25, -0.2) is 9.97 Å². The Balaban J connectivity index is 2.06. The fourth-order valence-electron chi connectivity index (χ4n) is 2.95. The zero-order valence-corrected chi connectivity index (χ0v) is 12.5. The number of hydrogen-bond acceptors (Lipinski definition) is 6. The first-order chi connectivity index (χ1) is 10.6. The van der Waals surface area contributed by atoms with Crippen molar-refractivity contribution in [3.05, 3.63) is 41.2 Å². The molecule has 3 rings (SSSR count). The molecule has 0 spiro atoms. The number of ketones is 1. The number of nitrogen functional groups attached to an aromatic ring is 1. The lowest BCUT2D eigenvalue weighted by atomic mass is 9.81. The lowest BCUT2D eigenvalue weighted by molar-refractivity contribution is 0.0962. The van der Waals surface area contributed by atoms with Crippen molar-refractivity contribution in [3.8, 4) is 11.5 Å². The second-order valence-corrected chi connectivity index (χ2v) is 5.19. The third-order valence-electron chi connectivity index (χ3n) is 3.93. The van der Waals surface area contributed by atoms with Crippen molar-refractivity contribution < 1.29 is 14.3 Å². The van der Waals surface area contributed by atoms with Crippen molar-refractivity contribution in [3.63, 3.8) is 0 Å². The van der Waals surface area contributed by atoms with Gasteiger partial charge in [-0.15, -0.1) is 0 Å². The van der Waals surface area contributed by atoms with E-state index < -0.39 is 0 Å². The van der Waals surface area contributed by atoms with Gasteiger partial charge in [0.25, 0.3) is 0 Å². The second kappa shape index (κ2) is 5.63. The SMILES string of the molecule is COc1cccc(OC)c1C1CC(=O)c2cnc(N)nc2C1. The Morgan fingerprint density at radius 3 is 2.50 bits per heavy atom. The van der Waals surface area contributed by atoms with Gasteiger partial charge in [-0.05, 0) is 18.6 Å². The van der Waals surface area contributed by atoms with Gasteiger partial charge in [-0.1, -0.05) is 6.07 Å². The number of fused-ring (bicyclic) bond motifs is 1. The van der Waals surface area contributed by atoms with E-state index in [0.29, 0.717) is 35.6 Å². The number of carbonyl (C=O) groups is 1. The Morgan fingerprint density at radius 2 is 1.86 bits per heavy atom. The number of ether oxygens (including phenoxy) is 2. The number of benzene rings is 1. The van der Waals surface area contributed by atoms with Gasteiger partial charge in [-0.2, -0.15) is 0 Å².